The highest BCUT2D eigenvalue weighted by Gasteiger charge is 2.33. The van der Waals surface area contributed by atoms with E-state index in [9.17, 15) is 9.59 Å². The number of piperidine rings is 1. The van der Waals surface area contributed by atoms with Crippen LogP contribution < -0.4 is 20.3 Å². The quantitative estimate of drug-likeness (QED) is 0.504. The number of hydrogen-bond donors (Lipinski definition) is 1. The Bertz CT molecular complexity index is 1440. The molecular formula is C28H35ClN8O3. The topological polar surface area (TPSA) is 113 Å². The molecule has 1 aromatic carbocycles. The maximum atomic E-state index is 14.0. The van der Waals surface area contributed by atoms with Gasteiger partial charge in [-0.3, -0.25) is 9.59 Å². The number of carbonyl (C=O) groups is 2. The number of aromatic nitrogens is 3. The van der Waals surface area contributed by atoms with Gasteiger partial charge in [0.1, 0.15) is 17.4 Å². The minimum Gasteiger partial charge on any atom is -0.483 e. The summed E-state index contributed by atoms with van der Waals surface area (Å²) in [5, 5.41) is 5.45. The molecule has 2 fully saturated rings. The first-order valence-corrected chi connectivity index (χ1v) is 14.3. The third-order valence-corrected chi connectivity index (χ3v) is 8.34. The first-order valence-electron chi connectivity index (χ1n) is 14.0. The van der Waals surface area contributed by atoms with Crippen molar-refractivity contribution in [2.45, 2.75) is 38.3 Å². The van der Waals surface area contributed by atoms with Crippen LogP contribution in [0.3, 0.4) is 0 Å². The first kappa shape index (κ1) is 26.6. The number of carbonyl (C=O) groups excluding carboxylic acids is 2. The summed E-state index contributed by atoms with van der Waals surface area (Å²) < 4.78 is 7.81. The van der Waals surface area contributed by atoms with Gasteiger partial charge in [-0.15, -0.1) is 0 Å². The molecule has 5 heterocycles. The smallest absolute Gasteiger partial charge is 0.260 e. The summed E-state index contributed by atoms with van der Waals surface area (Å²) in [6, 6.07) is 8.90. The van der Waals surface area contributed by atoms with Gasteiger partial charge in [-0.1, -0.05) is 11.6 Å². The molecule has 3 aliphatic heterocycles. The molecule has 3 aromatic rings. The second kappa shape index (κ2) is 10.8. The molecule has 2 saturated heterocycles. The molecule has 2 bridgehead atoms. The number of rotatable bonds is 2. The predicted molar refractivity (Wildman–Crippen MR) is 153 cm³/mol. The molecule has 1 unspecified atom stereocenters. The van der Waals surface area contributed by atoms with E-state index in [1.54, 1.807) is 23.1 Å². The van der Waals surface area contributed by atoms with Gasteiger partial charge in [-0.25, -0.2) is 4.98 Å². The number of likely N-dealkylation sites (N-methyl/N-ethyl adjacent to an activating group) is 2. The Morgan fingerprint density at radius 1 is 1.10 bits per heavy atom. The molecule has 11 nitrogen and oxygen atoms in total. The van der Waals surface area contributed by atoms with Crippen molar-refractivity contribution in [3.8, 4) is 5.75 Å². The zero-order chi connectivity index (χ0) is 28.0. The molecule has 0 radical (unpaired) electrons. The second-order valence-electron chi connectivity index (χ2n) is 10.8. The number of fused-ring (bicyclic) bond motifs is 4. The van der Waals surface area contributed by atoms with E-state index >= 15 is 0 Å². The van der Waals surface area contributed by atoms with Crippen molar-refractivity contribution >= 4 is 40.7 Å². The Labute approximate surface area is 238 Å². The lowest BCUT2D eigenvalue weighted by Crippen LogP contribution is -2.56. The summed E-state index contributed by atoms with van der Waals surface area (Å²) in [4.78, 5) is 40.0. The normalized spacial score (nSPS) is 20.9. The number of halogens is 1. The number of ether oxygens (including phenoxy) is 1. The van der Waals surface area contributed by atoms with Gasteiger partial charge < -0.3 is 30.1 Å². The number of nitrogens with zero attached hydrogens (tertiary/aromatic N) is 7. The molecule has 2 aromatic heterocycles. The van der Waals surface area contributed by atoms with Gasteiger partial charge in [0.2, 0.25) is 0 Å². The van der Waals surface area contributed by atoms with Crippen LogP contribution in [-0.4, -0.2) is 95.2 Å². The zero-order valence-electron chi connectivity index (χ0n) is 22.9. The molecule has 40 heavy (non-hydrogen) atoms. The van der Waals surface area contributed by atoms with Crippen LogP contribution in [0.15, 0.2) is 30.3 Å². The highest BCUT2D eigenvalue weighted by Crippen LogP contribution is 2.35. The monoisotopic (exact) mass is 566 g/mol. The number of anilines is 2. The van der Waals surface area contributed by atoms with Crippen LogP contribution in [-0.2, 0) is 4.79 Å². The maximum Gasteiger partial charge on any atom is 0.260 e. The number of nitrogens with two attached hydrogens (primary N) is 1. The second-order valence-corrected chi connectivity index (χ2v) is 11.2. The van der Waals surface area contributed by atoms with E-state index in [1.165, 1.54) is 0 Å². The summed E-state index contributed by atoms with van der Waals surface area (Å²) in [7, 11) is 2.00. The molecule has 2 N–H and O–H groups in total. The Kier molecular flexibility index (Phi) is 7.18. The molecule has 2 amide bonds. The molecule has 212 valence electrons. The lowest BCUT2D eigenvalue weighted by molar-refractivity contribution is -0.133. The first-order chi connectivity index (χ1) is 19.3. The van der Waals surface area contributed by atoms with E-state index < -0.39 is 0 Å². The van der Waals surface area contributed by atoms with Crippen molar-refractivity contribution in [3.05, 3.63) is 46.6 Å². The van der Waals surface area contributed by atoms with E-state index in [-0.39, 0.29) is 30.5 Å². The van der Waals surface area contributed by atoms with E-state index in [2.05, 4.69) is 9.80 Å². The highest BCUT2D eigenvalue weighted by molar-refractivity contribution is 6.31. The predicted octanol–water partition coefficient (Wildman–Crippen LogP) is 2.57. The van der Waals surface area contributed by atoms with Crippen molar-refractivity contribution in [1.82, 2.24) is 24.4 Å². The molecule has 6 rings (SSSR count). The van der Waals surface area contributed by atoms with Crippen molar-refractivity contribution in [2.24, 2.45) is 5.73 Å². The number of amides is 2. The van der Waals surface area contributed by atoms with Gasteiger partial charge in [0.05, 0.1) is 17.3 Å². The van der Waals surface area contributed by atoms with Crippen LogP contribution >= 0.6 is 11.6 Å². The summed E-state index contributed by atoms with van der Waals surface area (Å²) in [6.45, 7) is 5.49. The van der Waals surface area contributed by atoms with Crippen molar-refractivity contribution in [3.63, 3.8) is 0 Å². The van der Waals surface area contributed by atoms with Crippen molar-refractivity contribution < 1.29 is 14.3 Å². The molecule has 0 spiro atoms. The molecule has 0 saturated carbocycles. The minimum atomic E-state index is -0.223. The average molecular weight is 567 g/mol. The molecule has 0 aliphatic carbocycles. The van der Waals surface area contributed by atoms with Crippen molar-refractivity contribution in [1.29, 1.82) is 0 Å². The summed E-state index contributed by atoms with van der Waals surface area (Å²) in [5.41, 5.74) is 7.93. The Morgan fingerprint density at radius 3 is 2.70 bits per heavy atom. The van der Waals surface area contributed by atoms with E-state index in [4.69, 9.17) is 32.2 Å². The van der Waals surface area contributed by atoms with E-state index in [0.717, 1.165) is 49.7 Å². The van der Waals surface area contributed by atoms with Gasteiger partial charge in [0.15, 0.2) is 12.3 Å². The fourth-order valence-corrected chi connectivity index (χ4v) is 5.94. The van der Waals surface area contributed by atoms with Crippen LogP contribution in [0.1, 0.15) is 48.3 Å². The van der Waals surface area contributed by atoms with Gasteiger partial charge in [-0.2, -0.15) is 9.61 Å². The summed E-state index contributed by atoms with van der Waals surface area (Å²) in [5.74, 6) is 1.72. The van der Waals surface area contributed by atoms with Crippen LogP contribution in [0.4, 0.5) is 11.6 Å². The molecule has 3 aliphatic rings. The van der Waals surface area contributed by atoms with Gasteiger partial charge in [0.25, 0.3) is 11.8 Å². The fraction of sp³-hybridized carbons (Fsp3) is 0.500. The Morgan fingerprint density at radius 2 is 1.93 bits per heavy atom. The minimum absolute atomic E-state index is 0.138. The third-order valence-electron chi connectivity index (χ3n) is 8.11. The number of hydrogen-bond acceptors (Lipinski definition) is 8. The van der Waals surface area contributed by atoms with Gasteiger partial charge >= 0.3 is 0 Å². The third kappa shape index (κ3) is 4.92. The standard InChI is InChI=1S/C28H35ClN8O3/c1-3-34-11-10-33(2)26-14-24(35-15-19(30)16-35)31-25-13-21(32-37(25)26)22-6-4-5-9-36(22)28(39)20-12-18(29)7-8-23(20)40-17-27(34)38/h7-8,12-14,19,22H,3-6,9-11,15-17,30H2,1-2H3. The van der Waals surface area contributed by atoms with Crippen molar-refractivity contribution in [2.75, 3.05) is 62.7 Å². The van der Waals surface area contributed by atoms with Gasteiger partial charge in [0, 0.05) is 69.5 Å². The summed E-state index contributed by atoms with van der Waals surface area (Å²) in [6.07, 6.45) is 2.66. The average Bonchev–Trinajstić information content (AvgIpc) is 3.37. The van der Waals surface area contributed by atoms with Crippen LogP contribution in [0.2, 0.25) is 5.02 Å². The number of benzene rings is 1. The molecule has 12 heteroatoms. The molecule has 1 atom stereocenters. The fourth-order valence-electron chi connectivity index (χ4n) is 5.77. The van der Waals surface area contributed by atoms with Crippen LogP contribution in [0, 0.1) is 0 Å². The lowest BCUT2D eigenvalue weighted by atomic mass is 9.98. The van der Waals surface area contributed by atoms with Gasteiger partial charge in [-0.05, 0) is 44.4 Å². The maximum absolute atomic E-state index is 14.0. The zero-order valence-corrected chi connectivity index (χ0v) is 23.7. The SMILES string of the molecule is CCN1CCN(C)c2cc(N3CC(N)C3)nc3cc(nn23)C2CCCCN2C(=O)c2cc(Cl)ccc2OCC1=O. The van der Waals surface area contributed by atoms with Crippen LogP contribution in [0.5, 0.6) is 5.75 Å². The van der Waals surface area contributed by atoms with E-state index in [1.807, 2.05) is 35.5 Å². The van der Waals surface area contributed by atoms with E-state index in [0.29, 0.717) is 48.2 Å². The van der Waals surface area contributed by atoms with Crippen LogP contribution in [0.25, 0.3) is 5.65 Å². The Balaban J connectivity index is 1.47. The lowest BCUT2D eigenvalue weighted by Gasteiger charge is -2.38. The summed E-state index contributed by atoms with van der Waals surface area (Å²) >= 11 is 6.33. The molecular weight excluding hydrogens is 532 g/mol. The Hall–Kier alpha value is -3.57. The highest BCUT2D eigenvalue weighted by atomic mass is 35.5. The largest absolute Gasteiger partial charge is 0.483 e.